The topological polar surface area (TPSA) is 38.1 Å². The lowest BCUT2D eigenvalue weighted by atomic mass is 9.86. The molecule has 0 bridgehead atoms. The third kappa shape index (κ3) is 5.46. The molecule has 0 aliphatic heterocycles. The summed E-state index contributed by atoms with van der Waals surface area (Å²) in [4.78, 5) is 12.5. The number of aromatic amines is 2. The average Bonchev–Trinajstić information content (AvgIpc) is 3.95. The zero-order valence-electron chi connectivity index (χ0n) is 32.7. The number of aromatic nitrogens is 2. The third-order valence-corrected chi connectivity index (χ3v) is 12.0. The molecule has 0 unspecified atom stereocenters. The number of anilines is 6. The van der Waals surface area contributed by atoms with Crippen LogP contribution < -0.4 is 9.80 Å². The van der Waals surface area contributed by atoms with Crippen molar-refractivity contribution < 1.29 is 0 Å². The Kier molecular flexibility index (Phi) is 7.82. The Balaban J connectivity index is 1.26. The smallest absolute Gasteiger partial charge is 0.0547 e. The predicted molar refractivity (Wildman–Crippen MR) is 254 cm³/mol. The van der Waals surface area contributed by atoms with E-state index in [-0.39, 0.29) is 0 Å². The van der Waals surface area contributed by atoms with Crippen molar-refractivity contribution in [3.05, 3.63) is 218 Å². The van der Waals surface area contributed by atoms with E-state index in [0.29, 0.717) is 0 Å². The molecule has 60 heavy (non-hydrogen) atoms. The molecule has 0 fully saturated rings. The summed E-state index contributed by atoms with van der Waals surface area (Å²) < 4.78 is 0. The van der Waals surface area contributed by atoms with Crippen molar-refractivity contribution >= 4 is 88.2 Å². The van der Waals surface area contributed by atoms with Crippen molar-refractivity contribution in [2.75, 3.05) is 9.80 Å². The molecule has 2 N–H and O–H groups in total. The van der Waals surface area contributed by atoms with Crippen LogP contribution >= 0.6 is 0 Å². The van der Waals surface area contributed by atoms with Crippen molar-refractivity contribution in [3.8, 4) is 22.5 Å². The van der Waals surface area contributed by atoms with Crippen LogP contribution in [0.1, 0.15) is 0 Å². The standard InChI is InChI=1S/C56H38N4/c1-5-19-39(20-6-1)59(40-21-7-2-8-22-40)53-35-47(51-33-37-17-13-15-27-49(37)57-51)43-30-32-46-54(60(41-23-9-3-10-24-41)42-25-11-4-12-26-42)36-48(44-29-31-45(53)55(43)56(44)46)52-34-38-18-14-16-28-50(38)58-52/h1-36,57-58H. The number of H-pyrrole nitrogens is 2. The van der Waals surface area contributed by atoms with Gasteiger partial charge in [0.1, 0.15) is 0 Å². The van der Waals surface area contributed by atoms with Crippen LogP contribution in [0, 0.1) is 0 Å². The maximum absolute atomic E-state index is 3.82. The fourth-order valence-corrected chi connectivity index (χ4v) is 9.37. The van der Waals surface area contributed by atoms with Crippen molar-refractivity contribution in [3.63, 3.8) is 0 Å². The van der Waals surface area contributed by atoms with Gasteiger partial charge in [0.05, 0.1) is 11.4 Å². The molecule has 0 atom stereocenters. The highest BCUT2D eigenvalue weighted by atomic mass is 15.1. The fraction of sp³-hybridized carbons (Fsp3) is 0. The van der Waals surface area contributed by atoms with Crippen molar-refractivity contribution in [2.45, 2.75) is 0 Å². The number of hydrogen-bond acceptors (Lipinski definition) is 2. The molecule has 0 saturated heterocycles. The molecule has 0 aliphatic carbocycles. The molecule has 10 aromatic carbocycles. The van der Waals surface area contributed by atoms with E-state index in [1.54, 1.807) is 0 Å². The summed E-state index contributed by atoms with van der Waals surface area (Å²) in [5.74, 6) is 0. The molecule has 282 valence electrons. The van der Waals surface area contributed by atoms with Gasteiger partial charge in [-0.15, -0.1) is 0 Å². The maximum atomic E-state index is 3.82. The summed E-state index contributed by atoms with van der Waals surface area (Å²) in [6.45, 7) is 0. The van der Waals surface area contributed by atoms with E-state index in [4.69, 9.17) is 0 Å². The van der Waals surface area contributed by atoms with Gasteiger partial charge in [0.25, 0.3) is 0 Å². The summed E-state index contributed by atoms with van der Waals surface area (Å²) >= 11 is 0. The van der Waals surface area contributed by atoms with E-state index >= 15 is 0 Å². The summed E-state index contributed by atoms with van der Waals surface area (Å²) in [7, 11) is 0. The van der Waals surface area contributed by atoms with Crippen molar-refractivity contribution in [2.24, 2.45) is 0 Å². The highest BCUT2D eigenvalue weighted by Crippen LogP contribution is 2.52. The van der Waals surface area contributed by atoms with E-state index in [1.165, 1.54) is 43.1 Å². The lowest BCUT2D eigenvalue weighted by molar-refractivity contribution is 1.29. The molecule has 0 spiro atoms. The summed E-state index contributed by atoms with van der Waals surface area (Å²) in [6.07, 6.45) is 0. The van der Waals surface area contributed by atoms with E-state index in [2.05, 4.69) is 238 Å². The third-order valence-electron chi connectivity index (χ3n) is 12.0. The Bertz CT molecular complexity index is 3100. The Hall–Kier alpha value is -8.08. The van der Waals surface area contributed by atoms with Gasteiger partial charge < -0.3 is 19.8 Å². The molecule has 2 heterocycles. The molecule has 0 aliphatic rings. The Morgan fingerprint density at radius 2 is 0.600 bits per heavy atom. The molecule has 0 saturated carbocycles. The van der Waals surface area contributed by atoms with Crippen molar-refractivity contribution in [1.82, 2.24) is 9.97 Å². The van der Waals surface area contributed by atoms with Crippen LogP contribution in [0.25, 0.3) is 76.6 Å². The minimum absolute atomic E-state index is 1.09. The SMILES string of the molecule is c1ccc(N(c2ccccc2)c2cc(-c3cc4ccccc4[nH]3)c3ccc4c(N(c5ccccc5)c5ccccc5)cc(-c5cc6ccccc6[nH]5)c5ccc2c3c54)cc1. The first-order valence-corrected chi connectivity index (χ1v) is 20.5. The van der Waals surface area contributed by atoms with E-state index in [1.807, 2.05) is 0 Å². The number of nitrogens with one attached hydrogen (secondary N) is 2. The second kappa shape index (κ2) is 13.8. The lowest BCUT2D eigenvalue weighted by Crippen LogP contribution is -2.12. The van der Waals surface area contributed by atoms with Crippen LogP contribution in [-0.2, 0) is 0 Å². The van der Waals surface area contributed by atoms with Crippen LogP contribution in [0.4, 0.5) is 34.1 Å². The summed E-state index contributed by atoms with van der Waals surface area (Å²) in [6, 6.07) is 78.9. The first-order valence-electron chi connectivity index (χ1n) is 20.5. The van der Waals surface area contributed by atoms with E-state index < -0.39 is 0 Å². The molecule has 0 amide bonds. The van der Waals surface area contributed by atoms with Gasteiger partial charge in [-0.1, -0.05) is 133 Å². The average molecular weight is 767 g/mol. The second-order valence-electron chi connectivity index (χ2n) is 15.5. The first kappa shape index (κ1) is 34.0. The monoisotopic (exact) mass is 766 g/mol. The maximum Gasteiger partial charge on any atom is 0.0547 e. The van der Waals surface area contributed by atoms with Gasteiger partial charge in [-0.2, -0.15) is 0 Å². The van der Waals surface area contributed by atoms with Gasteiger partial charge >= 0.3 is 0 Å². The van der Waals surface area contributed by atoms with Crippen LogP contribution in [0.3, 0.4) is 0 Å². The Morgan fingerprint density at radius 1 is 0.283 bits per heavy atom. The van der Waals surface area contributed by atoms with Gasteiger partial charge in [0.2, 0.25) is 0 Å². The van der Waals surface area contributed by atoms with Gasteiger partial charge in [-0.25, -0.2) is 0 Å². The molecule has 0 radical (unpaired) electrons. The normalized spacial score (nSPS) is 11.7. The van der Waals surface area contributed by atoms with Crippen LogP contribution in [0.5, 0.6) is 0 Å². The van der Waals surface area contributed by atoms with Crippen LogP contribution in [-0.4, -0.2) is 9.97 Å². The minimum atomic E-state index is 1.09. The van der Waals surface area contributed by atoms with Crippen LogP contribution in [0.2, 0.25) is 0 Å². The summed E-state index contributed by atoms with van der Waals surface area (Å²) in [5.41, 5.74) is 13.3. The predicted octanol–water partition coefficient (Wildman–Crippen LogP) is 15.8. The number of fused-ring (bicyclic) bond motifs is 2. The van der Waals surface area contributed by atoms with Gasteiger partial charge in [0.15, 0.2) is 0 Å². The van der Waals surface area contributed by atoms with Crippen molar-refractivity contribution in [1.29, 1.82) is 0 Å². The minimum Gasteiger partial charge on any atom is -0.355 e. The molecule has 12 aromatic rings. The zero-order chi connectivity index (χ0) is 39.6. The largest absolute Gasteiger partial charge is 0.355 e. The highest BCUT2D eigenvalue weighted by molar-refractivity contribution is 6.32. The molecular weight excluding hydrogens is 729 g/mol. The van der Waals surface area contributed by atoms with Gasteiger partial charge in [0, 0.05) is 88.6 Å². The van der Waals surface area contributed by atoms with Gasteiger partial charge in [-0.05, 0) is 95.7 Å². The molecular formula is C56H38N4. The lowest BCUT2D eigenvalue weighted by Gasteiger charge is -2.30. The quantitative estimate of drug-likeness (QED) is 0.151. The number of para-hydroxylation sites is 6. The van der Waals surface area contributed by atoms with E-state index in [9.17, 15) is 0 Å². The zero-order valence-corrected chi connectivity index (χ0v) is 32.7. The van der Waals surface area contributed by atoms with Gasteiger partial charge in [-0.3, -0.25) is 0 Å². The summed E-state index contributed by atoms with van der Waals surface area (Å²) in [5, 5.41) is 9.60. The number of benzene rings is 10. The first-order chi connectivity index (χ1) is 29.8. The highest BCUT2D eigenvalue weighted by Gasteiger charge is 2.26. The Morgan fingerprint density at radius 3 is 0.950 bits per heavy atom. The van der Waals surface area contributed by atoms with E-state index in [0.717, 1.165) is 67.7 Å². The molecule has 12 rings (SSSR count). The molecule has 4 nitrogen and oxygen atoms in total. The molecule has 2 aromatic heterocycles. The molecule has 4 heteroatoms. The second-order valence-corrected chi connectivity index (χ2v) is 15.5. The number of hydrogen-bond donors (Lipinski definition) is 2. The number of rotatable bonds is 8. The van der Waals surface area contributed by atoms with Crippen LogP contribution in [0.15, 0.2) is 218 Å². The Labute approximate surface area is 347 Å². The fourth-order valence-electron chi connectivity index (χ4n) is 9.37. The number of nitrogens with zero attached hydrogens (tertiary/aromatic N) is 2.